The molecule has 0 aliphatic heterocycles. The summed E-state index contributed by atoms with van der Waals surface area (Å²) in [4.78, 5) is 11.8. The van der Waals surface area contributed by atoms with Crippen molar-refractivity contribution >= 4 is 17.3 Å². The lowest BCUT2D eigenvalue weighted by atomic mass is 10.4. The Morgan fingerprint density at radius 3 is 3.07 bits per heavy atom. The number of hydrogen-bond donors (Lipinski definition) is 1. The smallest absolute Gasteiger partial charge is 0.292 e. The van der Waals surface area contributed by atoms with E-state index in [9.17, 15) is 4.79 Å². The maximum Gasteiger partial charge on any atom is 0.292 e. The van der Waals surface area contributed by atoms with Gasteiger partial charge in [0, 0.05) is 6.04 Å². The lowest BCUT2D eigenvalue weighted by Gasteiger charge is -2.07. The minimum absolute atomic E-state index is 0.162. The largest absolute Gasteiger partial charge is 0.377 e. The Labute approximate surface area is 92.2 Å². The molecule has 1 aromatic rings. The Balaban J connectivity index is 2.37. The summed E-state index contributed by atoms with van der Waals surface area (Å²) in [5.74, 6) is 2.37. The number of anilines is 1. The fourth-order valence-electron chi connectivity index (χ4n) is 1.23. The highest BCUT2D eigenvalue weighted by atomic mass is 35.5. The number of rotatable bonds is 3. The second-order valence-electron chi connectivity index (χ2n) is 3.45. The van der Waals surface area contributed by atoms with E-state index in [0.717, 1.165) is 12.8 Å². The SMILES string of the molecule is C#CCn1ncc(Cl)c(NC2CC2)c1=O. The van der Waals surface area contributed by atoms with Crippen LogP contribution in [0.2, 0.25) is 5.02 Å². The summed E-state index contributed by atoms with van der Waals surface area (Å²) in [6.45, 7) is 0.162. The van der Waals surface area contributed by atoms with Crippen LogP contribution in [0.25, 0.3) is 0 Å². The summed E-state index contributed by atoms with van der Waals surface area (Å²) in [7, 11) is 0. The zero-order valence-electron chi connectivity index (χ0n) is 8.03. The van der Waals surface area contributed by atoms with Crippen LogP contribution < -0.4 is 10.9 Å². The Bertz CT molecular complexity index is 471. The average Bonchev–Trinajstić information content (AvgIpc) is 3.01. The molecule has 1 fully saturated rings. The first kappa shape index (κ1) is 10.1. The lowest BCUT2D eigenvalue weighted by molar-refractivity contribution is 0.664. The molecule has 15 heavy (non-hydrogen) atoms. The minimum atomic E-state index is -0.257. The molecule has 1 aliphatic rings. The zero-order chi connectivity index (χ0) is 10.8. The number of aromatic nitrogens is 2. The Kier molecular flexibility index (Phi) is 2.65. The molecule has 2 rings (SSSR count). The van der Waals surface area contributed by atoms with Gasteiger partial charge in [-0.3, -0.25) is 4.79 Å². The van der Waals surface area contributed by atoms with E-state index in [2.05, 4.69) is 16.3 Å². The summed E-state index contributed by atoms with van der Waals surface area (Å²) in [5, 5.41) is 7.27. The average molecular weight is 224 g/mol. The maximum atomic E-state index is 11.8. The highest BCUT2D eigenvalue weighted by molar-refractivity contribution is 6.33. The third-order valence-electron chi connectivity index (χ3n) is 2.16. The van der Waals surface area contributed by atoms with E-state index < -0.39 is 0 Å². The molecular weight excluding hydrogens is 214 g/mol. The predicted molar refractivity (Wildman–Crippen MR) is 59.0 cm³/mol. The monoisotopic (exact) mass is 223 g/mol. The van der Waals surface area contributed by atoms with Gasteiger partial charge in [-0.05, 0) is 12.8 Å². The van der Waals surface area contributed by atoms with Gasteiger partial charge in [0.1, 0.15) is 12.2 Å². The molecule has 0 aromatic carbocycles. The van der Waals surface area contributed by atoms with Gasteiger partial charge in [0.2, 0.25) is 0 Å². The molecule has 0 radical (unpaired) electrons. The fraction of sp³-hybridized carbons (Fsp3) is 0.400. The standard InChI is InChI=1S/C10H10ClN3O/c1-2-5-14-10(15)9(8(11)6-12-14)13-7-3-4-7/h1,6-7,13H,3-5H2. The number of terminal acetylenes is 1. The van der Waals surface area contributed by atoms with Crippen molar-refractivity contribution in [1.82, 2.24) is 9.78 Å². The number of nitrogens with zero attached hydrogens (tertiary/aromatic N) is 2. The van der Waals surface area contributed by atoms with Gasteiger partial charge < -0.3 is 5.32 Å². The van der Waals surface area contributed by atoms with E-state index in [4.69, 9.17) is 18.0 Å². The van der Waals surface area contributed by atoms with Crippen molar-refractivity contribution in [2.24, 2.45) is 0 Å². The molecule has 1 aromatic heterocycles. The van der Waals surface area contributed by atoms with E-state index in [1.165, 1.54) is 10.9 Å². The molecule has 1 aliphatic carbocycles. The van der Waals surface area contributed by atoms with Crippen LogP contribution in [0.1, 0.15) is 12.8 Å². The molecule has 1 heterocycles. The van der Waals surface area contributed by atoms with E-state index >= 15 is 0 Å². The van der Waals surface area contributed by atoms with Crippen molar-refractivity contribution in [1.29, 1.82) is 0 Å². The van der Waals surface area contributed by atoms with E-state index in [1.54, 1.807) is 0 Å². The predicted octanol–water partition coefficient (Wildman–Crippen LogP) is 1.10. The first-order valence-electron chi connectivity index (χ1n) is 4.68. The lowest BCUT2D eigenvalue weighted by Crippen LogP contribution is -2.26. The Hall–Kier alpha value is -1.47. The van der Waals surface area contributed by atoms with Crippen LogP contribution in [0, 0.1) is 12.3 Å². The van der Waals surface area contributed by atoms with Gasteiger partial charge in [-0.15, -0.1) is 6.42 Å². The van der Waals surface area contributed by atoms with Crippen LogP contribution in [-0.2, 0) is 6.54 Å². The number of nitrogens with one attached hydrogen (secondary N) is 1. The van der Waals surface area contributed by atoms with Crippen LogP contribution in [0.4, 0.5) is 5.69 Å². The second-order valence-corrected chi connectivity index (χ2v) is 3.86. The van der Waals surface area contributed by atoms with Gasteiger partial charge in [-0.1, -0.05) is 17.5 Å². The number of hydrogen-bond acceptors (Lipinski definition) is 3. The number of halogens is 1. The molecule has 1 saturated carbocycles. The van der Waals surface area contributed by atoms with Crippen LogP contribution in [0.15, 0.2) is 11.0 Å². The van der Waals surface area contributed by atoms with Crippen LogP contribution in [-0.4, -0.2) is 15.8 Å². The van der Waals surface area contributed by atoms with Gasteiger partial charge in [0.05, 0.1) is 11.2 Å². The van der Waals surface area contributed by atoms with Crippen LogP contribution in [0.3, 0.4) is 0 Å². The van der Waals surface area contributed by atoms with Gasteiger partial charge in [-0.25, -0.2) is 4.68 Å². The molecule has 0 saturated heterocycles. The molecule has 5 heteroatoms. The van der Waals surface area contributed by atoms with Gasteiger partial charge in [0.25, 0.3) is 5.56 Å². The van der Waals surface area contributed by atoms with Crippen molar-refractivity contribution in [2.75, 3.05) is 5.32 Å². The third-order valence-corrected chi connectivity index (χ3v) is 2.45. The maximum absolute atomic E-state index is 11.8. The van der Waals surface area contributed by atoms with Gasteiger partial charge in [0.15, 0.2) is 0 Å². The molecule has 1 N–H and O–H groups in total. The Morgan fingerprint density at radius 2 is 2.47 bits per heavy atom. The van der Waals surface area contributed by atoms with Crippen molar-refractivity contribution < 1.29 is 0 Å². The van der Waals surface area contributed by atoms with Crippen molar-refractivity contribution in [2.45, 2.75) is 25.4 Å². The summed E-state index contributed by atoms with van der Waals surface area (Å²) in [6, 6.07) is 0.372. The summed E-state index contributed by atoms with van der Waals surface area (Å²) in [6.07, 6.45) is 8.72. The minimum Gasteiger partial charge on any atom is -0.377 e. The quantitative estimate of drug-likeness (QED) is 0.781. The van der Waals surface area contributed by atoms with Crippen molar-refractivity contribution in [3.05, 3.63) is 21.6 Å². The molecule has 4 nitrogen and oxygen atoms in total. The molecule has 0 bridgehead atoms. The van der Waals surface area contributed by atoms with Gasteiger partial charge >= 0.3 is 0 Å². The zero-order valence-corrected chi connectivity index (χ0v) is 8.79. The molecule has 78 valence electrons. The molecular formula is C10H10ClN3O. The fourth-order valence-corrected chi connectivity index (χ4v) is 1.41. The van der Waals surface area contributed by atoms with E-state index in [1.807, 2.05) is 0 Å². The summed E-state index contributed by atoms with van der Waals surface area (Å²) in [5.41, 5.74) is 0.150. The molecule has 0 spiro atoms. The van der Waals surface area contributed by atoms with Crippen LogP contribution >= 0.6 is 11.6 Å². The van der Waals surface area contributed by atoms with Crippen LogP contribution in [0.5, 0.6) is 0 Å². The molecule has 0 amide bonds. The highest BCUT2D eigenvalue weighted by Gasteiger charge is 2.23. The first-order valence-corrected chi connectivity index (χ1v) is 5.06. The second kappa shape index (κ2) is 3.95. The van der Waals surface area contributed by atoms with E-state index in [0.29, 0.717) is 16.8 Å². The molecule has 0 atom stereocenters. The van der Waals surface area contributed by atoms with Gasteiger partial charge in [-0.2, -0.15) is 5.10 Å². The summed E-state index contributed by atoms with van der Waals surface area (Å²) < 4.78 is 1.22. The Morgan fingerprint density at radius 1 is 1.73 bits per heavy atom. The highest BCUT2D eigenvalue weighted by Crippen LogP contribution is 2.26. The normalized spacial score (nSPS) is 14.7. The first-order chi connectivity index (χ1) is 7.22. The summed E-state index contributed by atoms with van der Waals surface area (Å²) >= 11 is 5.88. The third kappa shape index (κ3) is 2.13. The van der Waals surface area contributed by atoms with Crippen molar-refractivity contribution in [3.8, 4) is 12.3 Å². The van der Waals surface area contributed by atoms with E-state index in [-0.39, 0.29) is 12.1 Å². The van der Waals surface area contributed by atoms with Crippen molar-refractivity contribution in [3.63, 3.8) is 0 Å². The topological polar surface area (TPSA) is 46.9 Å². The molecule has 0 unspecified atom stereocenters.